The van der Waals surface area contributed by atoms with Crippen LogP contribution in [0.1, 0.15) is 38.8 Å². The highest BCUT2D eigenvalue weighted by atomic mass is 35.5. The second-order valence-corrected chi connectivity index (χ2v) is 12.7. The monoisotopic (exact) mass is 573 g/mol. The number of carbonyl (C=O) groups is 2. The summed E-state index contributed by atoms with van der Waals surface area (Å²) in [6, 6.07) is 17.0. The van der Waals surface area contributed by atoms with Crippen LogP contribution in [0.3, 0.4) is 0 Å². The predicted molar refractivity (Wildman–Crippen MR) is 151 cm³/mol. The summed E-state index contributed by atoms with van der Waals surface area (Å²) in [6.45, 7) is 8.33. The fraction of sp³-hybridized carbons (Fsp3) is 0.310. The number of hydrogen-bond donors (Lipinski definition) is 1. The lowest BCUT2D eigenvalue weighted by molar-refractivity contribution is -0.140. The molecule has 3 aromatic rings. The van der Waals surface area contributed by atoms with Gasteiger partial charge in [-0.25, -0.2) is 12.8 Å². The molecule has 0 aliphatic heterocycles. The number of rotatable bonds is 9. The molecule has 1 N–H and O–H groups in total. The SMILES string of the molecule is Cc1ccc(S(=O)(=O)N(CC(=O)N(Cc2ccc(Cl)cc2)[C@H](C)C(=O)NC(C)(C)C)c2ccc(F)cc2)cc1. The van der Waals surface area contributed by atoms with Gasteiger partial charge in [0.1, 0.15) is 18.4 Å². The Balaban J connectivity index is 2.02. The molecule has 1 atom stereocenters. The van der Waals surface area contributed by atoms with E-state index in [1.807, 2.05) is 27.7 Å². The lowest BCUT2D eigenvalue weighted by Crippen LogP contribution is -2.54. The van der Waals surface area contributed by atoms with Crippen LogP contribution in [0.25, 0.3) is 0 Å². The van der Waals surface area contributed by atoms with Gasteiger partial charge in [0.05, 0.1) is 10.6 Å². The normalized spacial score (nSPS) is 12.5. The van der Waals surface area contributed by atoms with Crippen molar-refractivity contribution in [1.29, 1.82) is 0 Å². The van der Waals surface area contributed by atoms with Gasteiger partial charge in [0.2, 0.25) is 11.8 Å². The molecule has 0 saturated heterocycles. The Hall–Kier alpha value is -3.43. The molecule has 208 valence electrons. The minimum atomic E-state index is -4.22. The molecule has 0 aromatic heterocycles. The third kappa shape index (κ3) is 8.03. The van der Waals surface area contributed by atoms with Gasteiger partial charge in [0.25, 0.3) is 10.0 Å². The second kappa shape index (κ2) is 12.2. The number of halogens is 2. The van der Waals surface area contributed by atoms with Gasteiger partial charge in [-0.1, -0.05) is 41.4 Å². The maximum Gasteiger partial charge on any atom is 0.264 e. The topological polar surface area (TPSA) is 86.8 Å². The van der Waals surface area contributed by atoms with Gasteiger partial charge in [0, 0.05) is 17.1 Å². The molecule has 39 heavy (non-hydrogen) atoms. The molecule has 3 aromatic carbocycles. The second-order valence-electron chi connectivity index (χ2n) is 10.4. The lowest BCUT2D eigenvalue weighted by atomic mass is 10.1. The number of anilines is 1. The molecule has 0 spiro atoms. The average molecular weight is 574 g/mol. The van der Waals surface area contributed by atoms with Crippen LogP contribution in [-0.4, -0.2) is 43.3 Å². The molecular formula is C29H33ClFN3O4S. The zero-order valence-electron chi connectivity index (χ0n) is 22.6. The van der Waals surface area contributed by atoms with Gasteiger partial charge in [-0.2, -0.15) is 0 Å². The Morgan fingerprint density at radius 3 is 2.05 bits per heavy atom. The maximum absolute atomic E-state index is 13.8. The van der Waals surface area contributed by atoms with Crippen molar-refractivity contribution in [3.05, 3.63) is 94.8 Å². The summed E-state index contributed by atoms with van der Waals surface area (Å²) < 4.78 is 42.1. The summed E-state index contributed by atoms with van der Waals surface area (Å²) in [5.41, 5.74) is 1.14. The largest absolute Gasteiger partial charge is 0.350 e. The molecule has 10 heteroatoms. The van der Waals surface area contributed by atoms with Crippen molar-refractivity contribution >= 4 is 39.1 Å². The Labute approximate surface area is 234 Å². The van der Waals surface area contributed by atoms with Gasteiger partial charge in [0.15, 0.2) is 0 Å². The summed E-state index contributed by atoms with van der Waals surface area (Å²) in [4.78, 5) is 28.2. The number of nitrogens with zero attached hydrogens (tertiary/aromatic N) is 2. The number of hydrogen-bond acceptors (Lipinski definition) is 4. The molecule has 0 heterocycles. The number of sulfonamides is 1. The van der Waals surface area contributed by atoms with E-state index in [4.69, 9.17) is 11.6 Å². The first-order valence-corrected chi connectivity index (χ1v) is 14.2. The smallest absolute Gasteiger partial charge is 0.264 e. The number of aryl methyl sites for hydroxylation is 1. The van der Waals surface area contributed by atoms with Crippen LogP contribution in [0.2, 0.25) is 5.02 Å². The van der Waals surface area contributed by atoms with Crippen molar-refractivity contribution in [1.82, 2.24) is 10.2 Å². The van der Waals surface area contributed by atoms with Gasteiger partial charge >= 0.3 is 0 Å². The van der Waals surface area contributed by atoms with Crippen LogP contribution in [0.15, 0.2) is 77.7 Å². The Morgan fingerprint density at radius 1 is 0.949 bits per heavy atom. The van der Waals surface area contributed by atoms with Crippen LogP contribution < -0.4 is 9.62 Å². The zero-order valence-corrected chi connectivity index (χ0v) is 24.2. The van der Waals surface area contributed by atoms with Crippen molar-refractivity contribution in [2.24, 2.45) is 0 Å². The summed E-state index contributed by atoms with van der Waals surface area (Å²) in [5, 5.41) is 3.39. The zero-order chi connectivity index (χ0) is 29.0. The van der Waals surface area contributed by atoms with Gasteiger partial charge in [-0.05, 0) is 88.7 Å². The highest BCUT2D eigenvalue weighted by Crippen LogP contribution is 2.25. The van der Waals surface area contributed by atoms with Crippen molar-refractivity contribution in [2.45, 2.75) is 57.6 Å². The third-order valence-electron chi connectivity index (χ3n) is 5.93. The van der Waals surface area contributed by atoms with Crippen molar-refractivity contribution in [3.63, 3.8) is 0 Å². The molecule has 7 nitrogen and oxygen atoms in total. The van der Waals surface area contributed by atoms with E-state index in [-0.39, 0.29) is 23.0 Å². The quantitative estimate of drug-likeness (QED) is 0.376. The van der Waals surface area contributed by atoms with Crippen molar-refractivity contribution in [2.75, 3.05) is 10.8 Å². The molecule has 3 rings (SSSR count). The molecule has 0 fully saturated rings. The highest BCUT2D eigenvalue weighted by Gasteiger charge is 2.33. The molecule has 0 radical (unpaired) electrons. The van der Waals surface area contributed by atoms with Crippen molar-refractivity contribution in [3.8, 4) is 0 Å². The van der Waals surface area contributed by atoms with Crippen LogP contribution >= 0.6 is 11.6 Å². The van der Waals surface area contributed by atoms with E-state index < -0.39 is 39.9 Å². The van der Waals surface area contributed by atoms with E-state index in [0.717, 1.165) is 22.0 Å². The van der Waals surface area contributed by atoms with E-state index in [2.05, 4.69) is 5.32 Å². The number of nitrogens with one attached hydrogen (secondary N) is 1. The molecule has 0 aliphatic carbocycles. The number of carbonyl (C=O) groups excluding carboxylic acids is 2. The highest BCUT2D eigenvalue weighted by molar-refractivity contribution is 7.92. The Morgan fingerprint density at radius 2 is 1.51 bits per heavy atom. The van der Waals surface area contributed by atoms with E-state index >= 15 is 0 Å². The fourth-order valence-electron chi connectivity index (χ4n) is 3.82. The Kier molecular flexibility index (Phi) is 9.40. The van der Waals surface area contributed by atoms with Crippen LogP contribution in [-0.2, 0) is 26.2 Å². The Bertz CT molecular complexity index is 1400. The summed E-state index contributed by atoms with van der Waals surface area (Å²) in [5.74, 6) is -1.55. The van der Waals surface area contributed by atoms with E-state index in [0.29, 0.717) is 10.6 Å². The minimum absolute atomic E-state index is 0.0204. The molecule has 0 bridgehead atoms. The first-order chi connectivity index (χ1) is 18.2. The minimum Gasteiger partial charge on any atom is -0.350 e. The molecular weight excluding hydrogens is 541 g/mol. The van der Waals surface area contributed by atoms with Crippen LogP contribution in [0.4, 0.5) is 10.1 Å². The molecule has 0 saturated carbocycles. The molecule has 0 aliphatic rings. The van der Waals surface area contributed by atoms with Gasteiger partial charge < -0.3 is 10.2 Å². The van der Waals surface area contributed by atoms with Gasteiger partial charge in [-0.15, -0.1) is 0 Å². The van der Waals surface area contributed by atoms with E-state index in [1.54, 1.807) is 43.3 Å². The summed E-state index contributed by atoms with van der Waals surface area (Å²) in [6.07, 6.45) is 0. The lowest BCUT2D eigenvalue weighted by Gasteiger charge is -2.33. The predicted octanol–water partition coefficient (Wildman–Crippen LogP) is 5.31. The standard InChI is InChI=1S/C29H33ClFN3O4S/c1-20-6-16-26(17-7-20)39(37,38)34(25-14-12-24(31)13-15-25)19-27(35)33(18-22-8-10-23(30)11-9-22)21(2)28(36)32-29(3,4)5/h6-17,21H,18-19H2,1-5H3,(H,32,36)/t21-/m1/s1. The van der Waals surface area contributed by atoms with Crippen molar-refractivity contribution < 1.29 is 22.4 Å². The van der Waals surface area contributed by atoms with Crippen LogP contribution in [0, 0.1) is 12.7 Å². The van der Waals surface area contributed by atoms with Gasteiger partial charge in [-0.3, -0.25) is 13.9 Å². The maximum atomic E-state index is 13.8. The summed E-state index contributed by atoms with van der Waals surface area (Å²) >= 11 is 6.02. The summed E-state index contributed by atoms with van der Waals surface area (Å²) in [7, 11) is -4.22. The first-order valence-electron chi connectivity index (χ1n) is 12.4. The number of amides is 2. The van der Waals surface area contributed by atoms with E-state index in [9.17, 15) is 22.4 Å². The fourth-order valence-corrected chi connectivity index (χ4v) is 5.36. The van der Waals surface area contributed by atoms with E-state index in [1.165, 1.54) is 29.2 Å². The average Bonchev–Trinajstić information content (AvgIpc) is 2.86. The molecule has 2 amide bonds. The first kappa shape index (κ1) is 30.1. The third-order valence-corrected chi connectivity index (χ3v) is 7.97. The molecule has 0 unspecified atom stereocenters. The van der Waals surface area contributed by atoms with Crippen LogP contribution in [0.5, 0.6) is 0 Å². The number of benzene rings is 3.